The molecule has 0 saturated carbocycles. The molecule has 0 rings (SSSR count). The van der Waals surface area contributed by atoms with E-state index in [1.807, 2.05) is 0 Å². The summed E-state index contributed by atoms with van der Waals surface area (Å²) in [6, 6.07) is 0. The number of rotatable bonds is 39. The van der Waals surface area contributed by atoms with E-state index in [9.17, 15) is 20.1 Å². The molecule has 5 N–H and O–H groups in total. The third kappa shape index (κ3) is 32.5. The highest BCUT2D eigenvalue weighted by Gasteiger charge is 2.32. The Morgan fingerprint density at radius 1 is 0.426 bits per heavy atom. The zero-order valence-corrected chi connectivity index (χ0v) is 31.9. The molecular formula is C42H85NO4. The molecule has 282 valence electrons. The maximum Gasteiger partial charge on any atom is 0.145 e. The SMILES string of the molecule is CCCCCCCCCCCCCCCCCCCCC[C@H](O)CC(=O)[C@H](C(N)O)[C@H](O)CCCCCCCCCCCCCCC. The van der Waals surface area contributed by atoms with Crippen molar-refractivity contribution in [3.05, 3.63) is 0 Å². The van der Waals surface area contributed by atoms with Gasteiger partial charge >= 0.3 is 0 Å². The molecule has 0 aromatic carbocycles. The zero-order valence-electron chi connectivity index (χ0n) is 31.9. The molecule has 0 aliphatic carbocycles. The highest BCUT2D eigenvalue weighted by atomic mass is 16.3. The Morgan fingerprint density at radius 3 is 0.957 bits per heavy atom. The largest absolute Gasteiger partial charge is 0.393 e. The number of carbonyl (C=O) groups excluding carboxylic acids is 1. The number of ketones is 1. The second kappa shape index (κ2) is 36.8. The minimum atomic E-state index is -1.39. The van der Waals surface area contributed by atoms with E-state index in [2.05, 4.69) is 13.8 Å². The molecule has 0 saturated heterocycles. The molecule has 0 bridgehead atoms. The number of hydrogen-bond donors (Lipinski definition) is 4. The van der Waals surface area contributed by atoms with Crippen molar-refractivity contribution in [1.29, 1.82) is 0 Å². The van der Waals surface area contributed by atoms with E-state index >= 15 is 0 Å². The molecule has 0 heterocycles. The summed E-state index contributed by atoms with van der Waals surface area (Å²) in [7, 11) is 0. The van der Waals surface area contributed by atoms with Crippen molar-refractivity contribution >= 4 is 5.78 Å². The van der Waals surface area contributed by atoms with Crippen molar-refractivity contribution in [3.63, 3.8) is 0 Å². The standard InChI is InChI=1S/C42H85NO4/c1-3-5-7-9-11-13-15-17-18-19-20-21-22-24-25-27-29-31-33-35-38(44)37-40(46)41(42(43)47)39(45)36-34-32-30-28-26-23-16-14-12-10-8-6-4-2/h38-39,41-42,44-45,47H,3-37,43H2,1-2H3/t38-,39+,41+,42?/m0/s1. The first-order chi connectivity index (χ1) is 22.9. The smallest absolute Gasteiger partial charge is 0.145 e. The van der Waals surface area contributed by atoms with Gasteiger partial charge in [0, 0.05) is 6.42 Å². The summed E-state index contributed by atoms with van der Waals surface area (Å²) in [5.74, 6) is -1.32. The molecule has 0 aliphatic heterocycles. The molecule has 5 nitrogen and oxygen atoms in total. The molecule has 4 atom stereocenters. The first-order valence-electron chi connectivity index (χ1n) is 21.3. The molecule has 0 aliphatic rings. The number of aliphatic hydroxyl groups excluding tert-OH is 3. The summed E-state index contributed by atoms with van der Waals surface area (Å²) in [6.45, 7) is 4.54. The summed E-state index contributed by atoms with van der Waals surface area (Å²) in [5, 5.41) is 31.1. The first kappa shape index (κ1) is 46.5. The van der Waals surface area contributed by atoms with Crippen LogP contribution in [0.4, 0.5) is 0 Å². The van der Waals surface area contributed by atoms with Crippen LogP contribution in [0.2, 0.25) is 0 Å². The van der Waals surface area contributed by atoms with Crippen LogP contribution in [-0.4, -0.2) is 39.5 Å². The van der Waals surface area contributed by atoms with E-state index in [0.29, 0.717) is 12.8 Å². The average molecular weight is 668 g/mol. The maximum atomic E-state index is 12.8. The molecule has 0 radical (unpaired) electrons. The van der Waals surface area contributed by atoms with Gasteiger partial charge in [-0.15, -0.1) is 0 Å². The second-order valence-corrected chi connectivity index (χ2v) is 15.1. The number of Topliss-reactive ketones (excluding diaryl/α,β-unsaturated/α-hetero) is 1. The van der Waals surface area contributed by atoms with Gasteiger partial charge in [0.25, 0.3) is 0 Å². The van der Waals surface area contributed by atoms with Crippen LogP contribution in [0.25, 0.3) is 0 Å². The Hall–Kier alpha value is -0.490. The van der Waals surface area contributed by atoms with Crippen molar-refractivity contribution in [2.45, 2.75) is 257 Å². The first-order valence-corrected chi connectivity index (χ1v) is 21.3. The monoisotopic (exact) mass is 668 g/mol. The number of aliphatic hydroxyl groups is 3. The van der Waals surface area contributed by atoms with Crippen LogP contribution in [0, 0.1) is 5.92 Å². The molecule has 1 unspecified atom stereocenters. The summed E-state index contributed by atoms with van der Waals surface area (Å²) in [6.07, 6.45) is 39.6. The molecular weight excluding hydrogens is 582 g/mol. The fraction of sp³-hybridized carbons (Fsp3) is 0.976. The van der Waals surface area contributed by atoms with Gasteiger partial charge in [-0.2, -0.15) is 0 Å². The van der Waals surface area contributed by atoms with Gasteiger partial charge in [0.1, 0.15) is 12.0 Å². The van der Waals surface area contributed by atoms with Gasteiger partial charge in [0.15, 0.2) is 0 Å². The Kier molecular flexibility index (Phi) is 36.4. The highest BCUT2D eigenvalue weighted by molar-refractivity contribution is 5.82. The van der Waals surface area contributed by atoms with Crippen molar-refractivity contribution < 1.29 is 20.1 Å². The van der Waals surface area contributed by atoms with E-state index in [4.69, 9.17) is 5.73 Å². The van der Waals surface area contributed by atoms with Crippen LogP contribution >= 0.6 is 0 Å². The van der Waals surface area contributed by atoms with Gasteiger partial charge in [-0.3, -0.25) is 4.79 Å². The maximum absolute atomic E-state index is 12.8. The Bertz CT molecular complexity index is 628. The summed E-state index contributed by atoms with van der Waals surface area (Å²) in [5.41, 5.74) is 5.70. The van der Waals surface area contributed by atoms with E-state index < -0.39 is 24.4 Å². The second-order valence-electron chi connectivity index (χ2n) is 15.1. The van der Waals surface area contributed by atoms with Crippen molar-refractivity contribution in [1.82, 2.24) is 0 Å². The van der Waals surface area contributed by atoms with Gasteiger partial charge in [-0.05, 0) is 12.8 Å². The van der Waals surface area contributed by atoms with Crippen LogP contribution in [0.3, 0.4) is 0 Å². The molecule has 5 heteroatoms. The molecule has 0 aromatic heterocycles. The van der Waals surface area contributed by atoms with Gasteiger partial charge in [-0.1, -0.05) is 219 Å². The third-order valence-electron chi connectivity index (χ3n) is 10.3. The van der Waals surface area contributed by atoms with Crippen LogP contribution in [0.15, 0.2) is 0 Å². The lowest BCUT2D eigenvalue weighted by Gasteiger charge is -2.25. The van der Waals surface area contributed by atoms with Crippen LogP contribution in [-0.2, 0) is 4.79 Å². The average Bonchev–Trinajstić information content (AvgIpc) is 3.04. The Balaban J connectivity index is 3.70. The summed E-state index contributed by atoms with van der Waals surface area (Å²) in [4.78, 5) is 12.8. The fourth-order valence-corrected chi connectivity index (χ4v) is 7.11. The summed E-state index contributed by atoms with van der Waals surface area (Å²) >= 11 is 0. The highest BCUT2D eigenvalue weighted by Crippen LogP contribution is 2.21. The van der Waals surface area contributed by atoms with Gasteiger partial charge < -0.3 is 21.1 Å². The van der Waals surface area contributed by atoms with E-state index in [1.165, 1.54) is 173 Å². The Labute approximate surface area is 294 Å². The van der Waals surface area contributed by atoms with Gasteiger partial charge in [0.05, 0.1) is 18.1 Å². The minimum Gasteiger partial charge on any atom is -0.393 e. The number of nitrogens with two attached hydrogens (primary N) is 1. The van der Waals surface area contributed by atoms with E-state index in [1.54, 1.807) is 0 Å². The van der Waals surface area contributed by atoms with Crippen molar-refractivity contribution in [2.75, 3.05) is 0 Å². The molecule has 0 amide bonds. The number of hydrogen-bond acceptors (Lipinski definition) is 5. The molecule has 0 fully saturated rings. The van der Waals surface area contributed by atoms with E-state index in [-0.39, 0.29) is 12.2 Å². The van der Waals surface area contributed by atoms with Crippen LogP contribution < -0.4 is 5.73 Å². The van der Waals surface area contributed by atoms with Crippen LogP contribution in [0.1, 0.15) is 239 Å². The molecule has 0 spiro atoms. The lowest BCUT2D eigenvalue weighted by atomic mass is 9.88. The van der Waals surface area contributed by atoms with Gasteiger partial charge in [-0.25, -0.2) is 0 Å². The lowest BCUT2D eigenvalue weighted by molar-refractivity contribution is -0.133. The van der Waals surface area contributed by atoms with Crippen molar-refractivity contribution in [2.24, 2.45) is 11.7 Å². The van der Waals surface area contributed by atoms with Crippen LogP contribution in [0.5, 0.6) is 0 Å². The quantitative estimate of drug-likeness (QED) is 0.0386. The normalized spacial score (nSPS) is 14.3. The number of unbranched alkanes of at least 4 members (excludes halogenated alkanes) is 30. The lowest BCUT2D eigenvalue weighted by Crippen LogP contribution is -2.44. The third-order valence-corrected chi connectivity index (χ3v) is 10.3. The van der Waals surface area contributed by atoms with Gasteiger partial charge in [0.2, 0.25) is 0 Å². The minimum absolute atomic E-state index is 0.0341. The summed E-state index contributed by atoms with van der Waals surface area (Å²) < 4.78 is 0. The fourth-order valence-electron chi connectivity index (χ4n) is 7.11. The Morgan fingerprint density at radius 2 is 0.681 bits per heavy atom. The predicted octanol–water partition coefficient (Wildman–Crippen LogP) is 11.9. The zero-order chi connectivity index (χ0) is 34.6. The topological polar surface area (TPSA) is 104 Å². The molecule has 0 aromatic rings. The predicted molar refractivity (Wildman–Crippen MR) is 204 cm³/mol. The van der Waals surface area contributed by atoms with E-state index in [0.717, 1.165) is 32.1 Å². The number of carbonyl (C=O) groups is 1. The molecule has 47 heavy (non-hydrogen) atoms. The van der Waals surface area contributed by atoms with Crippen molar-refractivity contribution in [3.8, 4) is 0 Å².